The molecular weight excluding hydrogens is 688 g/mol. The van der Waals surface area contributed by atoms with Crippen molar-refractivity contribution in [2.24, 2.45) is 50.3 Å². The summed E-state index contributed by atoms with van der Waals surface area (Å²) in [5.41, 5.74) is 34.7. The van der Waals surface area contributed by atoms with Gasteiger partial charge in [0, 0.05) is 37.8 Å². The average molecular weight is 743 g/mol. The number of nitrogens with zero attached hydrogens (tertiary/aromatic N) is 3. The molecule has 1 aromatic heterocycles. The Bertz CT molecular complexity index is 1540. The number of carbonyl (C=O) groups excluding carboxylic acids is 5. The van der Waals surface area contributed by atoms with Gasteiger partial charge in [-0.1, -0.05) is 26.0 Å². The van der Waals surface area contributed by atoms with Crippen LogP contribution in [0.5, 0.6) is 5.75 Å². The van der Waals surface area contributed by atoms with Crippen LogP contribution < -0.4 is 55.7 Å². The zero-order chi connectivity index (χ0) is 39.5. The van der Waals surface area contributed by atoms with E-state index in [0.29, 0.717) is 17.7 Å². The van der Waals surface area contributed by atoms with Gasteiger partial charge in [0.1, 0.15) is 29.9 Å². The number of hydrogen-bond acceptors (Lipinski definition) is 10. The number of hydrogen-bond donors (Lipinski definition) is 12. The Labute approximate surface area is 307 Å². The number of aromatic nitrogens is 2. The van der Waals surface area contributed by atoms with E-state index in [9.17, 15) is 29.1 Å². The molecule has 0 aliphatic heterocycles. The highest BCUT2D eigenvalue weighted by Gasteiger charge is 2.32. The standard InChI is InChI=1S/C33H54N14O6/c1-18(2)13-26(47-30(52)23(5-3-11-41-32(36)37)44-28(50)22(34)15-20-16-40-17-43-20)31(53)45-24(6-4-12-42-33(38)39)29(51)46-25(27(35)49)14-19-7-9-21(48)10-8-19/h7-10,16-18,22-26,48H,3-6,11-15,34H2,1-2H3,(H2,35,49)(H,40,43)(H,44,50)(H,45,53)(H,46,51)(H,47,52)(H4,36,37,41)(H4,38,39,42). The largest absolute Gasteiger partial charge is 0.508 e. The predicted octanol–water partition coefficient (Wildman–Crippen LogP) is -3.19. The first-order chi connectivity index (χ1) is 25.0. The SMILES string of the molecule is CC(C)CC(NC(=O)C(CCCN=C(N)N)NC(=O)C(N)Cc1cnc[nH]1)C(=O)NC(CCCN=C(N)N)C(=O)NC(Cc1ccc(O)cc1)C(N)=O. The lowest BCUT2D eigenvalue weighted by atomic mass is 10.0. The van der Waals surface area contributed by atoms with Gasteiger partial charge >= 0.3 is 0 Å². The molecule has 0 spiro atoms. The third-order valence-electron chi connectivity index (χ3n) is 7.86. The first-order valence-electron chi connectivity index (χ1n) is 17.2. The van der Waals surface area contributed by atoms with Crippen molar-refractivity contribution in [3.63, 3.8) is 0 Å². The number of guanidine groups is 2. The molecule has 0 fully saturated rings. The molecule has 1 heterocycles. The van der Waals surface area contributed by atoms with Gasteiger partial charge in [-0.25, -0.2) is 4.98 Å². The Hall–Kier alpha value is -5.92. The Morgan fingerprint density at radius 1 is 0.736 bits per heavy atom. The Morgan fingerprint density at radius 3 is 1.70 bits per heavy atom. The smallest absolute Gasteiger partial charge is 0.243 e. The molecule has 292 valence electrons. The lowest BCUT2D eigenvalue weighted by Crippen LogP contribution is -2.59. The normalized spacial score (nSPS) is 13.7. The summed E-state index contributed by atoms with van der Waals surface area (Å²) in [6.45, 7) is 4.00. The summed E-state index contributed by atoms with van der Waals surface area (Å²) in [5.74, 6) is -3.87. The van der Waals surface area contributed by atoms with Crippen molar-refractivity contribution in [2.75, 3.05) is 13.1 Å². The summed E-state index contributed by atoms with van der Waals surface area (Å²) >= 11 is 0. The van der Waals surface area contributed by atoms with Gasteiger partial charge in [-0.15, -0.1) is 0 Å². The number of phenols is 1. The van der Waals surface area contributed by atoms with Crippen molar-refractivity contribution < 1.29 is 29.1 Å². The van der Waals surface area contributed by atoms with Crippen molar-refractivity contribution in [1.29, 1.82) is 0 Å². The maximum atomic E-state index is 13.8. The minimum Gasteiger partial charge on any atom is -0.508 e. The van der Waals surface area contributed by atoms with Crippen LogP contribution in [0.15, 0.2) is 46.8 Å². The van der Waals surface area contributed by atoms with E-state index in [2.05, 4.69) is 41.2 Å². The van der Waals surface area contributed by atoms with E-state index in [-0.39, 0.29) is 75.2 Å². The molecule has 2 aromatic rings. The molecule has 20 heteroatoms. The third kappa shape index (κ3) is 16.8. The molecule has 0 bridgehead atoms. The molecular formula is C33H54N14O6. The maximum absolute atomic E-state index is 13.8. The van der Waals surface area contributed by atoms with Gasteiger partial charge in [-0.3, -0.25) is 34.0 Å². The highest BCUT2D eigenvalue weighted by atomic mass is 16.3. The number of nitrogens with two attached hydrogens (primary N) is 6. The number of primary amides is 1. The number of H-pyrrole nitrogens is 1. The van der Waals surface area contributed by atoms with E-state index < -0.39 is 59.7 Å². The number of amides is 5. The molecule has 5 atom stereocenters. The van der Waals surface area contributed by atoms with E-state index in [1.165, 1.54) is 24.7 Å². The van der Waals surface area contributed by atoms with Crippen molar-refractivity contribution in [2.45, 2.75) is 89.0 Å². The summed E-state index contributed by atoms with van der Waals surface area (Å²) in [6, 6.07) is 0.385. The number of carbonyl (C=O) groups is 5. The second kappa shape index (κ2) is 22.1. The lowest BCUT2D eigenvalue weighted by molar-refractivity contribution is -0.135. The summed E-state index contributed by atoms with van der Waals surface area (Å²) in [4.78, 5) is 81.2. The summed E-state index contributed by atoms with van der Waals surface area (Å²) in [5, 5.41) is 20.3. The van der Waals surface area contributed by atoms with Crippen LogP contribution in [-0.2, 0) is 36.8 Å². The van der Waals surface area contributed by atoms with Crippen molar-refractivity contribution in [3.8, 4) is 5.75 Å². The van der Waals surface area contributed by atoms with E-state index in [4.69, 9.17) is 34.4 Å². The Balaban J connectivity index is 2.27. The Morgan fingerprint density at radius 2 is 1.23 bits per heavy atom. The van der Waals surface area contributed by atoms with E-state index in [0.717, 1.165) is 0 Å². The van der Waals surface area contributed by atoms with Crippen LogP contribution in [0.25, 0.3) is 0 Å². The molecule has 20 nitrogen and oxygen atoms in total. The average Bonchev–Trinajstić information content (AvgIpc) is 3.60. The molecule has 18 N–H and O–H groups in total. The fourth-order valence-corrected chi connectivity index (χ4v) is 5.16. The number of phenolic OH excluding ortho intramolecular Hbond substituents is 1. The molecule has 0 saturated heterocycles. The maximum Gasteiger partial charge on any atom is 0.243 e. The highest BCUT2D eigenvalue weighted by Crippen LogP contribution is 2.13. The fourth-order valence-electron chi connectivity index (χ4n) is 5.16. The number of aliphatic imine (C=N–C) groups is 2. The molecule has 1 aromatic carbocycles. The quantitative estimate of drug-likeness (QED) is 0.0304. The van der Waals surface area contributed by atoms with Crippen LogP contribution in [0.3, 0.4) is 0 Å². The van der Waals surface area contributed by atoms with Crippen molar-refractivity contribution in [1.82, 2.24) is 31.2 Å². The lowest BCUT2D eigenvalue weighted by Gasteiger charge is -2.27. The predicted molar refractivity (Wildman–Crippen MR) is 198 cm³/mol. The first kappa shape index (κ1) is 43.2. The second-order valence-corrected chi connectivity index (χ2v) is 12.9. The van der Waals surface area contributed by atoms with Gasteiger partial charge in [0.2, 0.25) is 29.5 Å². The zero-order valence-electron chi connectivity index (χ0n) is 30.1. The van der Waals surface area contributed by atoms with Crippen LogP contribution >= 0.6 is 0 Å². The van der Waals surface area contributed by atoms with Crippen molar-refractivity contribution >= 4 is 41.5 Å². The van der Waals surface area contributed by atoms with Crippen LogP contribution in [0.1, 0.15) is 57.2 Å². The van der Waals surface area contributed by atoms with Gasteiger partial charge in [0.05, 0.1) is 12.4 Å². The van der Waals surface area contributed by atoms with Gasteiger partial charge in [-0.05, 0) is 55.7 Å². The molecule has 0 saturated carbocycles. The first-order valence-corrected chi connectivity index (χ1v) is 17.2. The summed E-state index contributed by atoms with van der Waals surface area (Å²) in [7, 11) is 0. The third-order valence-corrected chi connectivity index (χ3v) is 7.86. The number of rotatable bonds is 23. The number of aromatic hydroxyl groups is 1. The number of aromatic amines is 1. The molecule has 2 rings (SSSR count). The Kier molecular flexibility index (Phi) is 18.0. The zero-order valence-corrected chi connectivity index (χ0v) is 30.1. The minimum atomic E-state index is -1.19. The highest BCUT2D eigenvalue weighted by molar-refractivity contribution is 5.95. The molecule has 5 unspecified atom stereocenters. The van der Waals surface area contributed by atoms with Gasteiger partial charge in [0.15, 0.2) is 11.9 Å². The second-order valence-electron chi connectivity index (χ2n) is 12.9. The van der Waals surface area contributed by atoms with Crippen LogP contribution in [0.4, 0.5) is 0 Å². The van der Waals surface area contributed by atoms with Gasteiger partial charge in [0.25, 0.3) is 0 Å². The number of imidazole rings is 1. The van der Waals surface area contributed by atoms with E-state index >= 15 is 0 Å². The minimum absolute atomic E-state index is 0.0177. The summed E-state index contributed by atoms with van der Waals surface area (Å²) < 4.78 is 0. The summed E-state index contributed by atoms with van der Waals surface area (Å²) in [6.07, 6.45) is 4.01. The van der Waals surface area contributed by atoms with Gasteiger partial charge in [-0.2, -0.15) is 0 Å². The van der Waals surface area contributed by atoms with Crippen LogP contribution in [0.2, 0.25) is 0 Å². The van der Waals surface area contributed by atoms with E-state index in [1.54, 1.807) is 12.1 Å². The topological polar surface area (TPSA) is 363 Å². The van der Waals surface area contributed by atoms with Gasteiger partial charge < -0.3 is 65.8 Å². The van der Waals surface area contributed by atoms with Crippen LogP contribution in [0, 0.1) is 5.92 Å². The number of nitrogens with one attached hydrogen (secondary N) is 5. The molecule has 0 aliphatic rings. The van der Waals surface area contributed by atoms with Crippen molar-refractivity contribution in [3.05, 3.63) is 48.0 Å². The molecule has 5 amide bonds. The fraction of sp³-hybridized carbons (Fsp3) is 0.515. The van der Waals surface area contributed by atoms with E-state index in [1.807, 2.05) is 13.8 Å². The molecule has 0 radical (unpaired) electrons. The number of benzene rings is 1. The van der Waals surface area contributed by atoms with Crippen LogP contribution in [-0.4, -0.2) is 99.8 Å². The molecule has 0 aliphatic carbocycles. The monoisotopic (exact) mass is 742 g/mol. The molecule has 53 heavy (non-hydrogen) atoms.